The molecule has 1 fully saturated rings. The lowest BCUT2D eigenvalue weighted by molar-refractivity contribution is 0.0125. The van der Waals surface area contributed by atoms with Crippen LogP contribution in [0.1, 0.15) is 26.2 Å². The second kappa shape index (κ2) is 4.47. The predicted molar refractivity (Wildman–Crippen MR) is 49.3 cm³/mol. The molecule has 2 nitrogen and oxygen atoms in total. The Bertz CT molecular complexity index is 121. The summed E-state index contributed by atoms with van der Waals surface area (Å²) in [5, 5.41) is 0. The molecule has 0 unspecified atom stereocenters. The van der Waals surface area contributed by atoms with Crippen LogP contribution in [0.15, 0.2) is 0 Å². The van der Waals surface area contributed by atoms with Gasteiger partial charge in [0.1, 0.15) is 0 Å². The van der Waals surface area contributed by atoms with E-state index in [1.807, 2.05) is 0 Å². The van der Waals surface area contributed by atoms with Gasteiger partial charge in [0, 0.05) is 17.6 Å². The molecule has 11 heavy (non-hydrogen) atoms. The summed E-state index contributed by atoms with van der Waals surface area (Å²) >= 11 is 1.08. The topological polar surface area (TPSA) is 35.2 Å². The molecule has 1 saturated heterocycles. The van der Waals surface area contributed by atoms with Gasteiger partial charge in [-0.1, -0.05) is 13.3 Å². The molecule has 0 aromatic heterocycles. The monoisotopic (exact) mass is 171 g/mol. The summed E-state index contributed by atoms with van der Waals surface area (Å²) in [5.74, 6) is 0.736. The normalized spacial score (nSPS) is 38.9. The summed E-state index contributed by atoms with van der Waals surface area (Å²) in [5.41, 5.74) is 5.91. The van der Waals surface area contributed by atoms with Gasteiger partial charge in [-0.15, -0.1) is 0 Å². The Kier molecular flexibility index (Phi) is 3.88. The zero-order valence-electron chi connectivity index (χ0n) is 7.55. The molecule has 1 heterocycles. The third-order valence-electron chi connectivity index (χ3n) is 2.50. The van der Waals surface area contributed by atoms with Gasteiger partial charge in [-0.3, -0.25) is 0 Å². The summed E-state index contributed by atoms with van der Waals surface area (Å²) in [4.78, 5) is 0.406. The first-order chi connectivity index (χ1) is 5.24. The lowest BCUT2D eigenvalue weighted by Gasteiger charge is -2.32. The summed E-state index contributed by atoms with van der Waals surface area (Å²) < 4.78 is 5.59. The van der Waals surface area contributed by atoms with E-state index in [1.54, 1.807) is 0 Å². The molecule has 2 N–H and O–H groups in total. The highest BCUT2D eigenvalue weighted by atomic mass is 27.0. The van der Waals surface area contributed by atoms with Crippen LogP contribution >= 0.6 is 0 Å². The SMILES string of the molecule is CCC[C@@H]1CO[C@@H]([AlH2])[C@H](N)C1. The van der Waals surface area contributed by atoms with Crippen LogP contribution in [-0.4, -0.2) is 33.9 Å². The first-order valence-corrected chi connectivity index (χ1v) is 5.76. The third-order valence-corrected chi connectivity index (χ3v) is 3.69. The number of hydrogen-bond donors (Lipinski definition) is 1. The van der Waals surface area contributed by atoms with Gasteiger partial charge in [-0.05, 0) is 18.8 Å². The molecule has 0 radical (unpaired) electrons. The quantitative estimate of drug-likeness (QED) is 0.598. The van der Waals surface area contributed by atoms with E-state index >= 15 is 0 Å². The fraction of sp³-hybridized carbons (Fsp3) is 1.00. The zero-order chi connectivity index (χ0) is 8.27. The molecule has 1 aliphatic rings. The van der Waals surface area contributed by atoms with E-state index in [-0.39, 0.29) is 0 Å². The van der Waals surface area contributed by atoms with Crippen LogP contribution < -0.4 is 5.73 Å². The molecule has 0 aromatic carbocycles. The lowest BCUT2D eigenvalue weighted by Crippen LogP contribution is -2.44. The van der Waals surface area contributed by atoms with E-state index in [2.05, 4.69) is 6.92 Å². The Hall–Kier alpha value is 0.452. The first-order valence-electron chi connectivity index (χ1n) is 4.61. The van der Waals surface area contributed by atoms with Crippen LogP contribution in [0.3, 0.4) is 0 Å². The maximum Gasteiger partial charge on any atom is 0.261 e. The minimum absolute atomic E-state index is 0.326. The van der Waals surface area contributed by atoms with Crippen LogP contribution in [0, 0.1) is 5.92 Å². The van der Waals surface area contributed by atoms with Crippen molar-refractivity contribution in [1.82, 2.24) is 0 Å². The molecule has 3 heteroatoms. The lowest BCUT2D eigenvalue weighted by atomic mass is 9.95. The van der Waals surface area contributed by atoms with E-state index in [1.165, 1.54) is 19.3 Å². The Morgan fingerprint density at radius 2 is 2.36 bits per heavy atom. The maximum absolute atomic E-state index is 5.91. The maximum atomic E-state index is 5.91. The van der Waals surface area contributed by atoms with Crippen LogP contribution in [0.5, 0.6) is 0 Å². The fourth-order valence-electron chi connectivity index (χ4n) is 1.67. The molecular weight excluding hydrogens is 153 g/mol. The van der Waals surface area contributed by atoms with Gasteiger partial charge >= 0.3 is 0 Å². The molecule has 0 aromatic rings. The van der Waals surface area contributed by atoms with Gasteiger partial charge in [0.25, 0.3) is 16.3 Å². The number of nitrogens with two attached hydrogens (primary N) is 1. The Labute approximate surface area is 76.9 Å². The summed E-state index contributed by atoms with van der Waals surface area (Å²) in [6.07, 6.45) is 3.72. The summed E-state index contributed by atoms with van der Waals surface area (Å²) in [7, 11) is 0. The molecule has 3 atom stereocenters. The van der Waals surface area contributed by atoms with Crippen molar-refractivity contribution in [2.45, 2.75) is 37.2 Å². The van der Waals surface area contributed by atoms with Gasteiger partial charge in [0.2, 0.25) is 0 Å². The van der Waals surface area contributed by atoms with Crippen molar-refractivity contribution in [3.05, 3.63) is 0 Å². The van der Waals surface area contributed by atoms with Gasteiger partial charge < -0.3 is 10.5 Å². The van der Waals surface area contributed by atoms with Crippen LogP contribution in [0.2, 0.25) is 0 Å². The largest absolute Gasteiger partial charge is 0.392 e. The molecular formula is C8H18AlNO. The smallest absolute Gasteiger partial charge is 0.261 e. The third kappa shape index (κ3) is 2.76. The second-order valence-electron chi connectivity index (χ2n) is 3.59. The minimum Gasteiger partial charge on any atom is -0.392 e. The molecule has 0 bridgehead atoms. The van der Waals surface area contributed by atoms with E-state index in [9.17, 15) is 0 Å². The molecule has 0 saturated carbocycles. The summed E-state index contributed by atoms with van der Waals surface area (Å²) in [6, 6.07) is 0.326. The highest BCUT2D eigenvalue weighted by Gasteiger charge is 2.24. The molecule has 0 amide bonds. The fourth-order valence-corrected chi connectivity index (χ4v) is 2.13. The van der Waals surface area contributed by atoms with Crippen molar-refractivity contribution in [2.75, 3.05) is 6.61 Å². The number of ether oxygens (including phenoxy) is 1. The number of hydrogen-bond acceptors (Lipinski definition) is 2. The van der Waals surface area contributed by atoms with Crippen LogP contribution in [0.25, 0.3) is 0 Å². The van der Waals surface area contributed by atoms with Gasteiger partial charge in [-0.25, -0.2) is 0 Å². The van der Waals surface area contributed by atoms with Gasteiger partial charge in [0.15, 0.2) is 0 Å². The highest BCUT2D eigenvalue weighted by Crippen LogP contribution is 2.20. The van der Waals surface area contributed by atoms with E-state index < -0.39 is 0 Å². The number of rotatable bonds is 2. The van der Waals surface area contributed by atoms with Crippen LogP contribution in [0.4, 0.5) is 0 Å². The first kappa shape index (κ1) is 9.54. The van der Waals surface area contributed by atoms with E-state index in [0.717, 1.165) is 28.8 Å². The summed E-state index contributed by atoms with van der Waals surface area (Å²) in [6.45, 7) is 3.17. The molecule has 0 aliphatic carbocycles. The van der Waals surface area contributed by atoms with Crippen molar-refractivity contribution >= 4 is 16.3 Å². The molecule has 0 spiro atoms. The average molecular weight is 171 g/mol. The average Bonchev–Trinajstić information content (AvgIpc) is 1.98. The highest BCUT2D eigenvalue weighted by molar-refractivity contribution is 6.11. The van der Waals surface area contributed by atoms with Crippen molar-refractivity contribution in [3.63, 3.8) is 0 Å². The second-order valence-corrected chi connectivity index (χ2v) is 4.73. The Morgan fingerprint density at radius 1 is 1.64 bits per heavy atom. The van der Waals surface area contributed by atoms with Crippen molar-refractivity contribution in [3.8, 4) is 0 Å². The molecule has 64 valence electrons. The predicted octanol–water partition coefficient (Wildman–Crippen LogP) is 0.109. The zero-order valence-corrected chi connectivity index (χ0v) is 9.55. The van der Waals surface area contributed by atoms with Crippen molar-refractivity contribution in [1.29, 1.82) is 0 Å². The Balaban J connectivity index is 2.28. The van der Waals surface area contributed by atoms with Crippen molar-refractivity contribution in [2.24, 2.45) is 11.7 Å². The minimum atomic E-state index is 0.326. The van der Waals surface area contributed by atoms with Crippen LogP contribution in [-0.2, 0) is 4.74 Å². The standard InChI is InChI=1S/C8H16NO.Al.2H/c1-2-3-7-4-8(9)6-10-5-7;;;/h6-8H,2-5,9H2,1H3;;;/t7-,8+;;;/m0.../s1. The van der Waals surface area contributed by atoms with Crippen molar-refractivity contribution < 1.29 is 4.74 Å². The van der Waals surface area contributed by atoms with Gasteiger partial charge in [-0.2, -0.15) is 0 Å². The molecule has 1 aliphatic heterocycles. The molecule has 1 rings (SSSR count). The Morgan fingerprint density at radius 3 is 2.91 bits per heavy atom. The van der Waals surface area contributed by atoms with E-state index in [0.29, 0.717) is 11.0 Å². The van der Waals surface area contributed by atoms with Gasteiger partial charge in [0.05, 0.1) is 0 Å². The van der Waals surface area contributed by atoms with E-state index in [4.69, 9.17) is 10.5 Å².